The van der Waals surface area contributed by atoms with E-state index < -0.39 is 5.97 Å². The Morgan fingerprint density at radius 2 is 2.06 bits per heavy atom. The number of carboxylic acid groups (broad SMARTS) is 1. The number of para-hydroxylation sites is 1. The Labute approximate surface area is 106 Å². The molecule has 0 radical (unpaired) electrons. The Kier molecular flexibility index (Phi) is 3.36. The highest BCUT2D eigenvalue weighted by Crippen LogP contribution is 2.37. The van der Waals surface area contributed by atoms with E-state index in [4.69, 9.17) is 5.11 Å². The summed E-state index contributed by atoms with van der Waals surface area (Å²) < 4.78 is 0. The first kappa shape index (κ1) is 12.6. The first-order chi connectivity index (χ1) is 8.50. The number of rotatable bonds is 4. The van der Waals surface area contributed by atoms with Gasteiger partial charge < -0.3 is 10.4 Å². The molecule has 0 aromatic heterocycles. The third-order valence-electron chi connectivity index (χ3n) is 3.49. The van der Waals surface area contributed by atoms with Crippen molar-refractivity contribution >= 4 is 17.6 Å². The zero-order valence-electron chi connectivity index (χ0n) is 10.6. The molecule has 2 rings (SSSR count). The van der Waals surface area contributed by atoms with Crippen molar-refractivity contribution in [3.8, 4) is 0 Å². The van der Waals surface area contributed by atoms with Crippen LogP contribution < -0.4 is 5.32 Å². The molecule has 1 fully saturated rings. The molecule has 1 atom stereocenters. The number of carbonyl (C=O) groups excluding carboxylic acids is 1. The summed E-state index contributed by atoms with van der Waals surface area (Å²) in [5.41, 5.74) is 1.33. The van der Waals surface area contributed by atoms with Crippen LogP contribution in [0.1, 0.15) is 35.7 Å². The van der Waals surface area contributed by atoms with Crippen LogP contribution in [0.3, 0.4) is 0 Å². The molecule has 1 aliphatic rings. The maximum absolute atomic E-state index is 12.0. The van der Waals surface area contributed by atoms with Gasteiger partial charge in [-0.3, -0.25) is 4.79 Å². The summed E-state index contributed by atoms with van der Waals surface area (Å²) in [5.74, 6) is -0.698. The van der Waals surface area contributed by atoms with Crippen molar-refractivity contribution in [3.05, 3.63) is 29.3 Å². The van der Waals surface area contributed by atoms with Crippen LogP contribution in [0.2, 0.25) is 0 Å². The first-order valence-corrected chi connectivity index (χ1v) is 6.14. The van der Waals surface area contributed by atoms with E-state index in [2.05, 4.69) is 5.32 Å². The van der Waals surface area contributed by atoms with Crippen molar-refractivity contribution in [2.45, 2.75) is 26.7 Å². The zero-order valence-corrected chi connectivity index (χ0v) is 10.6. The normalized spacial score (nSPS) is 16.1. The lowest BCUT2D eigenvalue weighted by atomic mass is 10.0. The molecule has 18 heavy (non-hydrogen) atoms. The molecule has 1 saturated carbocycles. The SMILES string of the molecule is Cc1cccc(C(=O)O)c1NC(=O)C(C)C1CC1. The summed E-state index contributed by atoms with van der Waals surface area (Å²) in [7, 11) is 0. The molecule has 1 unspecified atom stereocenters. The van der Waals surface area contributed by atoms with Crippen molar-refractivity contribution in [1.29, 1.82) is 0 Å². The number of nitrogens with one attached hydrogen (secondary N) is 1. The molecule has 4 nitrogen and oxygen atoms in total. The van der Waals surface area contributed by atoms with Crippen LogP contribution in [0.5, 0.6) is 0 Å². The van der Waals surface area contributed by atoms with Crippen molar-refractivity contribution < 1.29 is 14.7 Å². The van der Waals surface area contributed by atoms with Gasteiger partial charge in [-0.2, -0.15) is 0 Å². The van der Waals surface area contributed by atoms with Gasteiger partial charge in [-0.25, -0.2) is 4.79 Å². The lowest BCUT2D eigenvalue weighted by Crippen LogP contribution is -2.23. The molecule has 1 aromatic carbocycles. The number of carboxylic acids is 1. The van der Waals surface area contributed by atoms with E-state index in [1.807, 2.05) is 6.92 Å². The van der Waals surface area contributed by atoms with Crippen LogP contribution in [0.25, 0.3) is 0 Å². The van der Waals surface area contributed by atoms with Gasteiger partial charge in [0, 0.05) is 5.92 Å². The third kappa shape index (κ3) is 2.53. The lowest BCUT2D eigenvalue weighted by molar-refractivity contribution is -0.119. The van der Waals surface area contributed by atoms with Crippen molar-refractivity contribution in [1.82, 2.24) is 0 Å². The molecule has 0 bridgehead atoms. The Balaban J connectivity index is 2.22. The number of carbonyl (C=O) groups is 2. The molecule has 4 heteroatoms. The second-order valence-electron chi connectivity index (χ2n) is 4.92. The standard InChI is InChI=1S/C14H17NO3/c1-8-4-3-5-11(14(17)18)12(8)15-13(16)9(2)10-6-7-10/h3-5,9-10H,6-7H2,1-2H3,(H,15,16)(H,17,18). The van der Waals surface area contributed by atoms with Gasteiger partial charge in [0.15, 0.2) is 0 Å². The second-order valence-corrected chi connectivity index (χ2v) is 4.92. The number of hydrogen-bond acceptors (Lipinski definition) is 2. The molecule has 96 valence electrons. The number of amides is 1. The Bertz CT molecular complexity index is 492. The van der Waals surface area contributed by atoms with Gasteiger partial charge in [0.05, 0.1) is 11.3 Å². The van der Waals surface area contributed by atoms with Crippen LogP contribution in [0.4, 0.5) is 5.69 Å². The molecular formula is C14H17NO3. The third-order valence-corrected chi connectivity index (χ3v) is 3.49. The van der Waals surface area contributed by atoms with Crippen molar-refractivity contribution in [3.63, 3.8) is 0 Å². The maximum Gasteiger partial charge on any atom is 0.337 e. The van der Waals surface area contributed by atoms with E-state index in [1.165, 1.54) is 6.07 Å². The quantitative estimate of drug-likeness (QED) is 0.859. The largest absolute Gasteiger partial charge is 0.478 e. The van der Waals surface area contributed by atoms with Gasteiger partial charge in [-0.1, -0.05) is 19.1 Å². The highest BCUT2D eigenvalue weighted by molar-refractivity contribution is 6.02. The second kappa shape index (κ2) is 4.80. The predicted octanol–water partition coefficient (Wildman–Crippen LogP) is 2.68. The van der Waals surface area contributed by atoms with Gasteiger partial charge in [0.1, 0.15) is 0 Å². The van der Waals surface area contributed by atoms with E-state index in [9.17, 15) is 9.59 Å². The lowest BCUT2D eigenvalue weighted by Gasteiger charge is -2.14. The van der Waals surface area contributed by atoms with E-state index in [1.54, 1.807) is 19.1 Å². The van der Waals surface area contributed by atoms with Gasteiger partial charge in [0.25, 0.3) is 0 Å². The van der Waals surface area contributed by atoms with Gasteiger partial charge in [0.2, 0.25) is 5.91 Å². The topological polar surface area (TPSA) is 66.4 Å². The monoisotopic (exact) mass is 247 g/mol. The van der Waals surface area contributed by atoms with Crippen molar-refractivity contribution in [2.24, 2.45) is 11.8 Å². The number of anilines is 1. The fourth-order valence-electron chi connectivity index (χ4n) is 2.06. The Morgan fingerprint density at radius 3 is 2.61 bits per heavy atom. The summed E-state index contributed by atoms with van der Waals surface area (Å²) in [5, 5.41) is 11.9. The minimum atomic E-state index is -1.02. The first-order valence-electron chi connectivity index (χ1n) is 6.14. The highest BCUT2D eigenvalue weighted by Gasteiger charge is 2.33. The molecular weight excluding hydrogens is 230 g/mol. The molecule has 1 aliphatic carbocycles. The smallest absolute Gasteiger partial charge is 0.337 e. The summed E-state index contributed by atoms with van der Waals surface area (Å²) in [6.45, 7) is 3.69. The number of hydrogen-bond donors (Lipinski definition) is 2. The minimum absolute atomic E-state index is 0.0498. The Hall–Kier alpha value is -1.84. The summed E-state index contributed by atoms with van der Waals surface area (Å²) in [4.78, 5) is 23.1. The average Bonchev–Trinajstić information content (AvgIpc) is 3.14. The number of benzene rings is 1. The predicted molar refractivity (Wildman–Crippen MR) is 68.7 cm³/mol. The summed E-state index contributed by atoms with van der Waals surface area (Å²) >= 11 is 0. The van der Waals surface area contributed by atoms with E-state index in [0.717, 1.165) is 18.4 Å². The highest BCUT2D eigenvalue weighted by atomic mass is 16.4. The molecule has 2 N–H and O–H groups in total. The minimum Gasteiger partial charge on any atom is -0.478 e. The van der Waals surface area contributed by atoms with E-state index in [0.29, 0.717) is 11.6 Å². The molecule has 0 spiro atoms. The maximum atomic E-state index is 12.0. The zero-order chi connectivity index (χ0) is 13.3. The summed E-state index contributed by atoms with van der Waals surface area (Å²) in [6, 6.07) is 4.98. The summed E-state index contributed by atoms with van der Waals surface area (Å²) in [6.07, 6.45) is 2.18. The molecule has 0 aliphatic heterocycles. The number of aryl methyl sites for hydroxylation is 1. The van der Waals surface area contributed by atoms with Gasteiger partial charge in [-0.05, 0) is 37.3 Å². The van der Waals surface area contributed by atoms with Crippen LogP contribution in [-0.2, 0) is 4.79 Å². The molecule has 0 heterocycles. The van der Waals surface area contributed by atoms with Gasteiger partial charge >= 0.3 is 5.97 Å². The number of aromatic carboxylic acids is 1. The van der Waals surface area contributed by atoms with Crippen LogP contribution >= 0.6 is 0 Å². The van der Waals surface area contributed by atoms with Gasteiger partial charge in [-0.15, -0.1) is 0 Å². The average molecular weight is 247 g/mol. The fraction of sp³-hybridized carbons (Fsp3) is 0.429. The van der Waals surface area contributed by atoms with E-state index in [-0.39, 0.29) is 17.4 Å². The Morgan fingerprint density at radius 1 is 1.39 bits per heavy atom. The van der Waals surface area contributed by atoms with Crippen molar-refractivity contribution in [2.75, 3.05) is 5.32 Å². The van der Waals surface area contributed by atoms with Crippen LogP contribution in [-0.4, -0.2) is 17.0 Å². The van der Waals surface area contributed by atoms with Crippen LogP contribution in [0.15, 0.2) is 18.2 Å². The molecule has 1 aromatic rings. The molecule has 1 amide bonds. The molecule has 0 saturated heterocycles. The fourth-order valence-corrected chi connectivity index (χ4v) is 2.06. The van der Waals surface area contributed by atoms with Crippen LogP contribution in [0, 0.1) is 18.8 Å². The van der Waals surface area contributed by atoms with E-state index >= 15 is 0 Å².